The van der Waals surface area contributed by atoms with Gasteiger partial charge in [-0.15, -0.1) is 0 Å². The molecule has 3 heterocycles. The summed E-state index contributed by atoms with van der Waals surface area (Å²) >= 11 is 3.62. The Hall–Kier alpha value is -2.94. The maximum absolute atomic E-state index is 14.0. The van der Waals surface area contributed by atoms with Crippen LogP contribution in [0.2, 0.25) is 0 Å². The van der Waals surface area contributed by atoms with Crippen LogP contribution in [0.5, 0.6) is 0 Å². The lowest BCUT2D eigenvalue weighted by Gasteiger charge is -2.37. The topological polar surface area (TPSA) is 65.7 Å². The van der Waals surface area contributed by atoms with Crippen molar-refractivity contribution >= 4 is 61.8 Å². The van der Waals surface area contributed by atoms with E-state index in [9.17, 15) is 13.6 Å². The van der Waals surface area contributed by atoms with E-state index in [1.165, 1.54) is 25.7 Å². The van der Waals surface area contributed by atoms with Crippen LogP contribution in [-0.4, -0.2) is 43.5 Å². The average molecular weight is 585 g/mol. The van der Waals surface area contributed by atoms with Crippen molar-refractivity contribution in [2.45, 2.75) is 51.4 Å². The zero-order chi connectivity index (χ0) is 26.7. The van der Waals surface area contributed by atoms with E-state index < -0.39 is 5.92 Å². The molecule has 1 saturated carbocycles. The lowest BCUT2D eigenvalue weighted by molar-refractivity contribution is -0.106. The third kappa shape index (κ3) is 4.70. The van der Waals surface area contributed by atoms with E-state index in [2.05, 4.69) is 31.9 Å². The summed E-state index contributed by atoms with van der Waals surface area (Å²) in [5.41, 5.74) is 11.4. The molecule has 3 aliphatic rings. The molecule has 1 aliphatic carbocycles. The van der Waals surface area contributed by atoms with E-state index in [1.54, 1.807) is 4.90 Å². The fourth-order valence-electron chi connectivity index (χ4n) is 5.94. The Balaban J connectivity index is 1.43. The van der Waals surface area contributed by atoms with Crippen molar-refractivity contribution < 1.29 is 13.6 Å². The van der Waals surface area contributed by atoms with Gasteiger partial charge in [-0.05, 0) is 80.0 Å². The number of hydrogen-bond donors (Lipinski definition) is 1. The van der Waals surface area contributed by atoms with Crippen LogP contribution in [0, 0.1) is 12.3 Å². The standard InChI is InChI=1S/C29H32BrF2N5O/c1-19-14-20-15-22(17-25(26(20)34-27(19)33)36-12-8-29(31,32)9-13-36)37(18-38)23-3-2-21(30)16-24(23)35-10-6-28(4-5-28)7-11-35/h2-3,14-18H,4-13H2,1H3,(H2,33,34). The number of anilines is 5. The Labute approximate surface area is 229 Å². The van der Waals surface area contributed by atoms with Crippen LogP contribution < -0.4 is 20.4 Å². The van der Waals surface area contributed by atoms with Gasteiger partial charge in [0.05, 0.1) is 28.3 Å². The van der Waals surface area contributed by atoms with Gasteiger partial charge in [0.15, 0.2) is 0 Å². The summed E-state index contributed by atoms with van der Waals surface area (Å²) in [4.78, 5) is 23.3. The predicted octanol–water partition coefficient (Wildman–Crippen LogP) is 6.80. The molecule has 0 bridgehead atoms. The van der Waals surface area contributed by atoms with Crippen LogP contribution in [0.1, 0.15) is 44.1 Å². The van der Waals surface area contributed by atoms with Gasteiger partial charge in [0.25, 0.3) is 5.92 Å². The molecule has 6 rings (SSSR count). The van der Waals surface area contributed by atoms with Gasteiger partial charge in [-0.1, -0.05) is 15.9 Å². The van der Waals surface area contributed by atoms with E-state index in [0.717, 1.165) is 52.0 Å². The van der Waals surface area contributed by atoms with Gasteiger partial charge < -0.3 is 15.5 Å². The lowest BCUT2D eigenvalue weighted by Crippen LogP contribution is -2.39. The second-order valence-electron chi connectivity index (χ2n) is 11.2. The quantitative estimate of drug-likeness (QED) is 0.335. The third-order valence-corrected chi connectivity index (χ3v) is 9.14. The molecule has 2 aromatic carbocycles. The normalized spacial score (nSPS) is 20.1. The highest BCUT2D eigenvalue weighted by molar-refractivity contribution is 9.10. The highest BCUT2D eigenvalue weighted by atomic mass is 79.9. The first kappa shape index (κ1) is 25.3. The smallest absolute Gasteiger partial charge is 0.251 e. The van der Waals surface area contributed by atoms with Gasteiger partial charge in [0, 0.05) is 48.9 Å². The highest BCUT2D eigenvalue weighted by Gasteiger charge is 2.44. The summed E-state index contributed by atoms with van der Waals surface area (Å²) in [6.07, 6.45) is 5.40. The number of amides is 1. The molecule has 9 heteroatoms. The van der Waals surface area contributed by atoms with Crippen LogP contribution in [0.25, 0.3) is 10.9 Å². The number of nitrogens with two attached hydrogens (primary N) is 1. The van der Waals surface area contributed by atoms with Gasteiger partial charge >= 0.3 is 0 Å². The monoisotopic (exact) mass is 583 g/mol. The zero-order valence-electron chi connectivity index (χ0n) is 21.5. The summed E-state index contributed by atoms with van der Waals surface area (Å²) < 4.78 is 28.9. The second-order valence-corrected chi connectivity index (χ2v) is 12.1. The first-order chi connectivity index (χ1) is 18.2. The summed E-state index contributed by atoms with van der Waals surface area (Å²) in [7, 11) is 0. The molecule has 3 aromatic rings. The average Bonchev–Trinajstić information content (AvgIpc) is 3.65. The molecule has 2 saturated heterocycles. The zero-order valence-corrected chi connectivity index (χ0v) is 23.1. The minimum absolute atomic E-state index is 0.209. The second kappa shape index (κ2) is 9.36. The summed E-state index contributed by atoms with van der Waals surface area (Å²) in [5, 5.41) is 0.820. The predicted molar refractivity (Wildman–Crippen MR) is 153 cm³/mol. The van der Waals surface area contributed by atoms with Gasteiger partial charge in [-0.2, -0.15) is 0 Å². The summed E-state index contributed by atoms with van der Waals surface area (Å²) in [6.45, 7) is 4.23. The van der Waals surface area contributed by atoms with E-state index in [-0.39, 0.29) is 25.9 Å². The fourth-order valence-corrected chi connectivity index (χ4v) is 6.29. The molecule has 3 fully saturated rings. The number of piperidine rings is 2. The van der Waals surface area contributed by atoms with Crippen molar-refractivity contribution in [1.29, 1.82) is 0 Å². The number of alkyl halides is 2. The molecule has 0 unspecified atom stereocenters. The molecule has 2 N–H and O–H groups in total. The lowest BCUT2D eigenvalue weighted by atomic mass is 9.93. The molecule has 0 atom stereocenters. The van der Waals surface area contributed by atoms with Crippen LogP contribution in [0.4, 0.5) is 37.3 Å². The van der Waals surface area contributed by atoms with Crippen molar-refractivity contribution in [2.75, 3.05) is 46.6 Å². The minimum atomic E-state index is -2.67. The third-order valence-electron chi connectivity index (χ3n) is 8.65. The number of aryl methyl sites for hydroxylation is 1. The molecular weight excluding hydrogens is 552 g/mol. The number of carbonyl (C=O) groups excluding carboxylic acids is 1. The molecule has 1 spiro atoms. The van der Waals surface area contributed by atoms with E-state index in [4.69, 9.17) is 5.73 Å². The van der Waals surface area contributed by atoms with E-state index in [0.29, 0.717) is 22.4 Å². The molecular formula is C29H32BrF2N5O. The van der Waals surface area contributed by atoms with Crippen LogP contribution in [0.3, 0.4) is 0 Å². The Morgan fingerprint density at radius 2 is 1.61 bits per heavy atom. The molecule has 6 nitrogen and oxygen atoms in total. The number of aromatic nitrogens is 1. The maximum Gasteiger partial charge on any atom is 0.251 e. The number of fused-ring (bicyclic) bond motifs is 1. The number of pyridine rings is 1. The first-order valence-electron chi connectivity index (χ1n) is 13.3. The van der Waals surface area contributed by atoms with Gasteiger partial charge in [-0.3, -0.25) is 9.69 Å². The SMILES string of the molecule is Cc1cc2cc(N(C=O)c3ccc(Br)cc3N3CCC4(CC3)CC4)cc(N3CCC(F)(F)CC3)c2nc1N. The fraction of sp³-hybridized carbons (Fsp3) is 0.448. The maximum atomic E-state index is 14.0. The minimum Gasteiger partial charge on any atom is -0.383 e. The first-order valence-corrected chi connectivity index (χ1v) is 14.1. The van der Waals surface area contributed by atoms with Gasteiger partial charge in [-0.25, -0.2) is 13.8 Å². The van der Waals surface area contributed by atoms with Crippen molar-refractivity contribution in [3.05, 3.63) is 46.4 Å². The molecule has 1 aromatic heterocycles. The Morgan fingerprint density at radius 3 is 2.26 bits per heavy atom. The number of nitrogen functional groups attached to an aromatic ring is 1. The van der Waals surface area contributed by atoms with Crippen LogP contribution in [0.15, 0.2) is 40.9 Å². The molecule has 2 aliphatic heterocycles. The van der Waals surface area contributed by atoms with Crippen molar-refractivity contribution in [3.63, 3.8) is 0 Å². The summed E-state index contributed by atoms with van der Waals surface area (Å²) in [5.74, 6) is -2.25. The van der Waals surface area contributed by atoms with Crippen molar-refractivity contribution in [1.82, 2.24) is 4.98 Å². The van der Waals surface area contributed by atoms with Crippen molar-refractivity contribution in [3.8, 4) is 0 Å². The molecule has 38 heavy (non-hydrogen) atoms. The van der Waals surface area contributed by atoms with Crippen molar-refractivity contribution in [2.24, 2.45) is 5.41 Å². The number of carbonyl (C=O) groups is 1. The Morgan fingerprint density at radius 1 is 0.947 bits per heavy atom. The number of rotatable bonds is 5. The Kier molecular flexibility index (Phi) is 6.24. The number of nitrogens with zero attached hydrogens (tertiary/aromatic N) is 4. The number of halogens is 3. The van der Waals surface area contributed by atoms with Crippen LogP contribution >= 0.6 is 15.9 Å². The van der Waals surface area contributed by atoms with Gasteiger partial charge in [0.1, 0.15) is 5.82 Å². The molecule has 0 radical (unpaired) electrons. The molecule has 200 valence electrons. The van der Waals surface area contributed by atoms with E-state index >= 15 is 0 Å². The number of benzene rings is 2. The largest absolute Gasteiger partial charge is 0.383 e. The van der Waals surface area contributed by atoms with Crippen LogP contribution in [-0.2, 0) is 4.79 Å². The highest BCUT2D eigenvalue weighted by Crippen LogP contribution is 2.54. The number of hydrogen-bond acceptors (Lipinski definition) is 5. The summed E-state index contributed by atoms with van der Waals surface area (Å²) in [6, 6.07) is 11.8. The Bertz CT molecular complexity index is 1390. The van der Waals surface area contributed by atoms with E-state index in [1.807, 2.05) is 42.2 Å². The van der Waals surface area contributed by atoms with Gasteiger partial charge in [0.2, 0.25) is 6.41 Å². The molecule has 1 amide bonds.